The molecule has 148 valence electrons. The van der Waals surface area contributed by atoms with E-state index in [1.807, 2.05) is 12.3 Å². The third-order valence-electron chi connectivity index (χ3n) is 5.89. The van der Waals surface area contributed by atoms with Crippen LogP contribution in [0.25, 0.3) is 22.3 Å². The molecule has 1 aromatic carbocycles. The van der Waals surface area contributed by atoms with Crippen LogP contribution in [0.2, 0.25) is 0 Å². The summed E-state index contributed by atoms with van der Waals surface area (Å²) in [6.45, 7) is 2.16. The summed E-state index contributed by atoms with van der Waals surface area (Å²) in [6.07, 6.45) is 7.92. The maximum Gasteiger partial charge on any atom is 0.251 e. The van der Waals surface area contributed by atoms with Crippen molar-refractivity contribution in [2.75, 3.05) is 0 Å². The van der Waals surface area contributed by atoms with Gasteiger partial charge in [0.1, 0.15) is 12.0 Å². The van der Waals surface area contributed by atoms with Gasteiger partial charge in [0, 0.05) is 27.7 Å². The van der Waals surface area contributed by atoms with Crippen LogP contribution in [0.3, 0.4) is 0 Å². The molecule has 3 aromatic rings. The fourth-order valence-corrected chi connectivity index (χ4v) is 5.82. The second-order valence-electron chi connectivity index (χ2n) is 7.62. The zero-order chi connectivity index (χ0) is 20.0. The maximum absolute atomic E-state index is 12.1. The number of primary amides is 1. The number of aromatic amines is 1. The highest BCUT2D eigenvalue weighted by atomic mass is 32.2. The standard InChI is InChI=1S/C22H23N5OS/c1-13(27-17-4-2-3-5-18(17)29-22(27)20(23)28)14-6-8-15(9-7-14)19-16-10-11-24-21(16)26-12-25-19/h6-13,22H,2-5H2,1H3,(H2,23,28)(H,24,25,26)/t13?,22-/m1/s1. The molecule has 0 fully saturated rings. The molecular formula is C22H23N5OS. The molecule has 7 heteroatoms. The van der Waals surface area contributed by atoms with Gasteiger partial charge < -0.3 is 15.6 Å². The molecule has 1 amide bonds. The van der Waals surface area contributed by atoms with E-state index in [9.17, 15) is 4.79 Å². The molecule has 0 radical (unpaired) electrons. The highest BCUT2D eigenvalue weighted by molar-refractivity contribution is 8.04. The van der Waals surface area contributed by atoms with Gasteiger partial charge in [-0.3, -0.25) is 4.79 Å². The molecule has 3 heterocycles. The van der Waals surface area contributed by atoms with E-state index < -0.39 is 0 Å². The van der Waals surface area contributed by atoms with Crippen molar-refractivity contribution in [2.45, 2.75) is 44.0 Å². The Labute approximate surface area is 173 Å². The largest absolute Gasteiger partial charge is 0.367 e. The maximum atomic E-state index is 12.1. The topological polar surface area (TPSA) is 87.9 Å². The number of aromatic nitrogens is 3. The van der Waals surface area contributed by atoms with E-state index in [1.165, 1.54) is 29.0 Å². The van der Waals surface area contributed by atoms with Crippen LogP contribution in [0, 0.1) is 0 Å². The molecule has 1 unspecified atom stereocenters. The van der Waals surface area contributed by atoms with E-state index in [0.29, 0.717) is 0 Å². The molecule has 1 aliphatic heterocycles. The van der Waals surface area contributed by atoms with Gasteiger partial charge in [-0.25, -0.2) is 9.97 Å². The van der Waals surface area contributed by atoms with Gasteiger partial charge in [-0.1, -0.05) is 36.0 Å². The third-order valence-corrected chi connectivity index (χ3v) is 7.30. The van der Waals surface area contributed by atoms with Gasteiger partial charge in [0.25, 0.3) is 5.91 Å². The number of thioether (sulfide) groups is 1. The van der Waals surface area contributed by atoms with Crippen LogP contribution >= 0.6 is 11.8 Å². The number of nitrogens with one attached hydrogen (secondary N) is 1. The van der Waals surface area contributed by atoms with Crippen LogP contribution in [0.1, 0.15) is 44.2 Å². The molecule has 2 aliphatic rings. The summed E-state index contributed by atoms with van der Waals surface area (Å²) in [5, 5.41) is 0.698. The number of carbonyl (C=O) groups is 1. The van der Waals surface area contributed by atoms with Gasteiger partial charge in [0.2, 0.25) is 0 Å². The van der Waals surface area contributed by atoms with Crippen molar-refractivity contribution >= 4 is 28.7 Å². The minimum Gasteiger partial charge on any atom is -0.367 e. The quantitative estimate of drug-likeness (QED) is 0.674. The van der Waals surface area contributed by atoms with Gasteiger partial charge >= 0.3 is 0 Å². The highest BCUT2D eigenvalue weighted by Gasteiger charge is 2.39. The van der Waals surface area contributed by atoms with Crippen molar-refractivity contribution in [1.82, 2.24) is 19.9 Å². The lowest BCUT2D eigenvalue weighted by molar-refractivity contribution is -0.120. The van der Waals surface area contributed by atoms with E-state index in [4.69, 9.17) is 5.73 Å². The molecular weight excluding hydrogens is 382 g/mol. The van der Waals surface area contributed by atoms with Crippen LogP contribution < -0.4 is 5.73 Å². The SMILES string of the molecule is CC(c1ccc(-c2ncnc3[nH]ccc23)cc1)N1C2=C(CCCC2)S[C@@H]1C(N)=O. The molecule has 29 heavy (non-hydrogen) atoms. The zero-order valence-electron chi connectivity index (χ0n) is 16.3. The van der Waals surface area contributed by atoms with Gasteiger partial charge in [0.05, 0.1) is 11.7 Å². The number of H-pyrrole nitrogens is 1. The Hall–Kier alpha value is -2.80. The second kappa shape index (κ2) is 7.22. The fourth-order valence-electron chi connectivity index (χ4n) is 4.41. The first-order chi connectivity index (χ1) is 14.1. The Morgan fingerprint density at radius 3 is 2.79 bits per heavy atom. The number of rotatable bonds is 4. The molecule has 1 aliphatic carbocycles. The minimum atomic E-state index is -0.311. The Morgan fingerprint density at radius 1 is 1.21 bits per heavy atom. The summed E-state index contributed by atoms with van der Waals surface area (Å²) >= 11 is 1.65. The first kappa shape index (κ1) is 18.2. The lowest BCUT2D eigenvalue weighted by Gasteiger charge is -2.34. The molecule has 6 nitrogen and oxygen atoms in total. The summed E-state index contributed by atoms with van der Waals surface area (Å²) in [7, 11) is 0. The number of benzene rings is 1. The summed E-state index contributed by atoms with van der Waals surface area (Å²) in [6, 6.07) is 10.5. The number of carbonyl (C=O) groups excluding carboxylic acids is 1. The van der Waals surface area contributed by atoms with E-state index in [-0.39, 0.29) is 17.3 Å². The average Bonchev–Trinajstić information content (AvgIpc) is 3.38. The summed E-state index contributed by atoms with van der Waals surface area (Å²) < 4.78 is 0. The molecule has 0 bridgehead atoms. The molecule has 5 rings (SSSR count). The summed E-state index contributed by atoms with van der Waals surface area (Å²) in [4.78, 5) is 27.6. The van der Waals surface area contributed by atoms with E-state index in [0.717, 1.165) is 35.1 Å². The number of hydrogen-bond donors (Lipinski definition) is 2. The molecule has 0 saturated carbocycles. The normalized spacial score (nSPS) is 20.2. The monoisotopic (exact) mass is 405 g/mol. The van der Waals surface area contributed by atoms with Gasteiger partial charge in [-0.2, -0.15) is 0 Å². The van der Waals surface area contributed by atoms with Crippen molar-refractivity contribution in [1.29, 1.82) is 0 Å². The number of nitrogens with zero attached hydrogens (tertiary/aromatic N) is 3. The molecule has 3 N–H and O–H groups in total. The predicted octanol–water partition coefficient (Wildman–Crippen LogP) is 4.33. The average molecular weight is 406 g/mol. The smallest absolute Gasteiger partial charge is 0.251 e. The lowest BCUT2D eigenvalue weighted by atomic mass is 9.98. The minimum absolute atomic E-state index is 0.0809. The lowest BCUT2D eigenvalue weighted by Crippen LogP contribution is -2.40. The van der Waals surface area contributed by atoms with Crippen molar-refractivity contribution in [3.8, 4) is 11.3 Å². The van der Waals surface area contributed by atoms with Crippen LogP contribution in [0.5, 0.6) is 0 Å². The Bertz CT molecular complexity index is 1100. The molecule has 2 aromatic heterocycles. The number of amides is 1. The predicted molar refractivity (Wildman–Crippen MR) is 116 cm³/mol. The van der Waals surface area contributed by atoms with E-state index in [1.54, 1.807) is 18.1 Å². The molecule has 0 spiro atoms. The Kier molecular flexibility index (Phi) is 4.54. The first-order valence-corrected chi connectivity index (χ1v) is 10.9. The van der Waals surface area contributed by atoms with Crippen molar-refractivity contribution < 1.29 is 4.79 Å². The molecule has 0 saturated heterocycles. The second-order valence-corrected chi connectivity index (χ2v) is 8.79. The Morgan fingerprint density at radius 2 is 2.00 bits per heavy atom. The number of nitrogens with two attached hydrogens (primary N) is 1. The van der Waals surface area contributed by atoms with E-state index >= 15 is 0 Å². The van der Waals surface area contributed by atoms with Gasteiger partial charge in [-0.05, 0) is 44.2 Å². The first-order valence-electron chi connectivity index (χ1n) is 9.98. The van der Waals surface area contributed by atoms with Crippen LogP contribution in [0.15, 0.2) is 53.5 Å². The number of allylic oxidation sites excluding steroid dienone is 2. The van der Waals surface area contributed by atoms with Crippen LogP contribution in [-0.4, -0.2) is 31.1 Å². The van der Waals surface area contributed by atoms with Gasteiger partial charge in [-0.15, -0.1) is 0 Å². The molecule has 2 atom stereocenters. The van der Waals surface area contributed by atoms with Crippen molar-refractivity contribution in [3.63, 3.8) is 0 Å². The van der Waals surface area contributed by atoms with Crippen LogP contribution in [-0.2, 0) is 4.79 Å². The van der Waals surface area contributed by atoms with Crippen molar-refractivity contribution in [2.24, 2.45) is 5.73 Å². The summed E-state index contributed by atoms with van der Waals surface area (Å²) in [5.74, 6) is -0.260. The number of fused-ring (bicyclic) bond motifs is 1. The van der Waals surface area contributed by atoms with Crippen LogP contribution in [0.4, 0.5) is 0 Å². The highest BCUT2D eigenvalue weighted by Crippen LogP contribution is 2.48. The Balaban J connectivity index is 1.47. The van der Waals surface area contributed by atoms with Gasteiger partial charge in [0.15, 0.2) is 5.37 Å². The zero-order valence-corrected chi connectivity index (χ0v) is 17.1. The number of hydrogen-bond acceptors (Lipinski definition) is 5. The third kappa shape index (κ3) is 3.09. The van der Waals surface area contributed by atoms with E-state index in [2.05, 4.69) is 51.0 Å². The fraction of sp³-hybridized carbons (Fsp3) is 0.318. The van der Waals surface area contributed by atoms with Crippen molar-refractivity contribution in [3.05, 3.63) is 59.0 Å². The summed E-state index contributed by atoms with van der Waals surface area (Å²) in [5.41, 5.74) is 11.0.